The first-order valence-corrected chi connectivity index (χ1v) is 8.16. The second kappa shape index (κ2) is 4.38. The molecular weight excluding hydrogens is 295 g/mol. The van der Waals surface area contributed by atoms with E-state index in [1.165, 1.54) is 0 Å². The SMILES string of the molecule is O=C(NC[C@]12CNC[C@@]1(C(F)(F)F)C2)C1(NC2CC2)CCC1. The Morgan fingerprint density at radius 2 is 1.95 bits per heavy atom. The van der Waals surface area contributed by atoms with Gasteiger partial charge < -0.3 is 16.0 Å². The summed E-state index contributed by atoms with van der Waals surface area (Å²) in [6, 6.07) is 0.424. The predicted octanol–water partition coefficient (Wildman–Crippen LogP) is 1.32. The number of carbonyl (C=O) groups excluding carboxylic acids is 1. The molecule has 2 atom stereocenters. The quantitative estimate of drug-likeness (QED) is 0.717. The van der Waals surface area contributed by atoms with Crippen LogP contribution in [0.3, 0.4) is 0 Å². The van der Waals surface area contributed by atoms with E-state index in [-0.39, 0.29) is 25.4 Å². The van der Waals surface area contributed by atoms with Crippen molar-refractivity contribution in [2.24, 2.45) is 10.8 Å². The Morgan fingerprint density at radius 1 is 1.23 bits per heavy atom. The van der Waals surface area contributed by atoms with Gasteiger partial charge in [-0.05, 0) is 38.5 Å². The first-order chi connectivity index (χ1) is 10.3. The third-order valence-electron chi connectivity index (χ3n) is 6.25. The molecule has 3 saturated carbocycles. The average Bonchev–Trinajstić information content (AvgIpc) is 3.30. The van der Waals surface area contributed by atoms with Gasteiger partial charge >= 0.3 is 6.18 Å². The van der Waals surface area contributed by atoms with Crippen LogP contribution in [0.4, 0.5) is 13.2 Å². The molecular formula is C15H22F3N3O. The second-order valence-corrected chi connectivity index (χ2v) is 7.68. The summed E-state index contributed by atoms with van der Waals surface area (Å²) in [4.78, 5) is 12.5. The van der Waals surface area contributed by atoms with Crippen LogP contribution in [-0.4, -0.2) is 43.3 Å². The highest BCUT2D eigenvalue weighted by atomic mass is 19.4. The Kier molecular flexibility index (Phi) is 2.94. The number of alkyl halides is 3. The van der Waals surface area contributed by atoms with Crippen molar-refractivity contribution in [3.8, 4) is 0 Å². The number of halogens is 3. The first-order valence-electron chi connectivity index (χ1n) is 8.16. The molecule has 4 aliphatic rings. The highest BCUT2D eigenvalue weighted by Gasteiger charge is 2.81. The summed E-state index contributed by atoms with van der Waals surface area (Å²) in [5, 5.41) is 9.09. The fraction of sp³-hybridized carbons (Fsp3) is 0.933. The van der Waals surface area contributed by atoms with Crippen LogP contribution >= 0.6 is 0 Å². The maximum atomic E-state index is 13.3. The molecule has 0 spiro atoms. The summed E-state index contributed by atoms with van der Waals surface area (Å²) < 4.78 is 39.8. The minimum absolute atomic E-state index is 0.0160. The summed E-state index contributed by atoms with van der Waals surface area (Å²) in [7, 11) is 0. The molecule has 0 unspecified atom stereocenters. The molecule has 1 aliphatic heterocycles. The minimum Gasteiger partial charge on any atom is -0.354 e. The Morgan fingerprint density at radius 3 is 2.45 bits per heavy atom. The van der Waals surface area contributed by atoms with Gasteiger partial charge in [-0.25, -0.2) is 0 Å². The van der Waals surface area contributed by atoms with Crippen molar-refractivity contribution in [1.82, 2.24) is 16.0 Å². The van der Waals surface area contributed by atoms with E-state index in [1.54, 1.807) is 0 Å². The Labute approximate surface area is 127 Å². The standard InChI is InChI=1S/C15H22F3N3O/c16-15(17,18)14-6-12(14,7-19-9-14)8-20-11(22)13(4-1-5-13)21-10-2-3-10/h10,19,21H,1-9H2,(H,20,22)/t12-,14-/m0/s1. The largest absolute Gasteiger partial charge is 0.396 e. The third-order valence-corrected chi connectivity index (χ3v) is 6.25. The van der Waals surface area contributed by atoms with Crippen molar-refractivity contribution in [2.75, 3.05) is 19.6 Å². The molecule has 0 radical (unpaired) electrons. The summed E-state index contributed by atoms with van der Waals surface area (Å²) in [6.07, 6.45) is 0.740. The molecule has 0 aromatic rings. The van der Waals surface area contributed by atoms with Crippen molar-refractivity contribution in [1.29, 1.82) is 0 Å². The van der Waals surface area contributed by atoms with E-state index in [0.29, 0.717) is 12.6 Å². The molecule has 0 aromatic heterocycles. The summed E-state index contributed by atoms with van der Waals surface area (Å²) in [5.41, 5.74) is -2.96. The lowest BCUT2D eigenvalue weighted by atomic mass is 9.75. The molecule has 1 saturated heterocycles. The van der Waals surface area contributed by atoms with E-state index in [1.807, 2.05) is 0 Å². The highest BCUT2D eigenvalue weighted by molar-refractivity contribution is 5.87. The van der Waals surface area contributed by atoms with E-state index < -0.39 is 22.5 Å². The van der Waals surface area contributed by atoms with E-state index in [9.17, 15) is 18.0 Å². The van der Waals surface area contributed by atoms with Gasteiger partial charge in [0.25, 0.3) is 0 Å². The molecule has 3 aliphatic carbocycles. The number of carbonyl (C=O) groups is 1. The van der Waals surface area contributed by atoms with Gasteiger partial charge in [-0.2, -0.15) is 13.2 Å². The summed E-state index contributed by atoms with van der Waals surface area (Å²) in [6.45, 7) is 0.458. The summed E-state index contributed by atoms with van der Waals surface area (Å²) in [5.74, 6) is -0.102. The van der Waals surface area contributed by atoms with Crippen LogP contribution in [0.5, 0.6) is 0 Å². The monoisotopic (exact) mass is 317 g/mol. The van der Waals surface area contributed by atoms with Crippen molar-refractivity contribution < 1.29 is 18.0 Å². The van der Waals surface area contributed by atoms with Gasteiger partial charge in [-0.1, -0.05) is 0 Å². The van der Waals surface area contributed by atoms with Gasteiger partial charge in [-0.3, -0.25) is 4.79 Å². The Balaban J connectivity index is 1.40. The smallest absolute Gasteiger partial charge is 0.354 e. The van der Waals surface area contributed by atoms with E-state index in [2.05, 4.69) is 16.0 Å². The van der Waals surface area contributed by atoms with Gasteiger partial charge in [0.2, 0.25) is 5.91 Å². The molecule has 22 heavy (non-hydrogen) atoms. The van der Waals surface area contributed by atoms with E-state index >= 15 is 0 Å². The Bertz CT molecular complexity index is 501. The molecule has 7 heteroatoms. The van der Waals surface area contributed by atoms with Gasteiger partial charge in [-0.15, -0.1) is 0 Å². The maximum Gasteiger partial charge on any atom is 0.396 e. The fourth-order valence-electron chi connectivity index (χ4n) is 4.33. The highest BCUT2D eigenvalue weighted by Crippen LogP contribution is 2.72. The molecule has 124 valence electrons. The van der Waals surface area contributed by atoms with Crippen molar-refractivity contribution in [3.63, 3.8) is 0 Å². The number of piperidine rings is 1. The van der Waals surface area contributed by atoms with Gasteiger partial charge in [0.15, 0.2) is 0 Å². The molecule has 1 heterocycles. The Hall–Kier alpha value is -0.820. The normalized spacial score (nSPS) is 39.0. The molecule has 0 aromatic carbocycles. The third kappa shape index (κ3) is 1.94. The van der Waals surface area contributed by atoms with Crippen molar-refractivity contribution in [3.05, 3.63) is 0 Å². The number of nitrogens with one attached hydrogen (secondary N) is 3. The first kappa shape index (κ1) is 14.8. The van der Waals surface area contributed by atoms with E-state index in [0.717, 1.165) is 32.1 Å². The number of hydrogen-bond acceptors (Lipinski definition) is 3. The summed E-state index contributed by atoms with van der Waals surface area (Å²) >= 11 is 0. The molecule has 0 bridgehead atoms. The van der Waals surface area contributed by atoms with Crippen LogP contribution in [0.1, 0.15) is 38.5 Å². The van der Waals surface area contributed by atoms with Gasteiger partial charge in [0.05, 0.1) is 11.0 Å². The number of hydrogen-bond donors (Lipinski definition) is 3. The van der Waals surface area contributed by atoms with Crippen molar-refractivity contribution in [2.45, 2.75) is 56.3 Å². The van der Waals surface area contributed by atoms with Gasteiger partial charge in [0, 0.05) is 31.1 Å². The topological polar surface area (TPSA) is 53.2 Å². The number of amides is 1. The van der Waals surface area contributed by atoms with Gasteiger partial charge in [0.1, 0.15) is 0 Å². The van der Waals surface area contributed by atoms with Crippen LogP contribution in [0.15, 0.2) is 0 Å². The lowest BCUT2D eigenvalue weighted by Crippen LogP contribution is -2.62. The van der Waals surface area contributed by atoms with Crippen LogP contribution in [-0.2, 0) is 4.79 Å². The molecule has 1 amide bonds. The second-order valence-electron chi connectivity index (χ2n) is 7.68. The van der Waals surface area contributed by atoms with Crippen molar-refractivity contribution >= 4 is 5.91 Å². The van der Waals surface area contributed by atoms with Crippen LogP contribution in [0, 0.1) is 10.8 Å². The van der Waals surface area contributed by atoms with Crippen LogP contribution < -0.4 is 16.0 Å². The molecule has 4 fully saturated rings. The zero-order valence-corrected chi connectivity index (χ0v) is 12.5. The predicted molar refractivity (Wildman–Crippen MR) is 74.2 cm³/mol. The van der Waals surface area contributed by atoms with E-state index in [4.69, 9.17) is 0 Å². The average molecular weight is 317 g/mol. The lowest BCUT2D eigenvalue weighted by molar-refractivity contribution is -0.190. The molecule has 4 rings (SSSR count). The van der Waals surface area contributed by atoms with Crippen LogP contribution in [0.25, 0.3) is 0 Å². The zero-order valence-electron chi connectivity index (χ0n) is 12.5. The number of fused-ring (bicyclic) bond motifs is 1. The molecule has 3 N–H and O–H groups in total. The lowest BCUT2D eigenvalue weighted by Gasteiger charge is -2.41. The maximum absolute atomic E-state index is 13.3. The number of rotatable bonds is 5. The fourth-order valence-corrected chi connectivity index (χ4v) is 4.33. The molecule has 4 nitrogen and oxygen atoms in total. The zero-order chi connectivity index (χ0) is 15.6. The minimum atomic E-state index is -4.19. The van der Waals surface area contributed by atoms with Crippen LogP contribution in [0.2, 0.25) is 0 Å².